The molecule has 0 unspecified atom stereocenters. The smallest absolute Gasteiger partial charge is 0.0992 e. The zero-order valence-electron chi connectivity index (χ0n) is 9.47. The molecule has 0 aliphatic heterocycles. The fourth-order valence-corrected chi connectivity index (χ4v) is 2.24. The highest BCUT2D eigenvalue weighted by Gasteiger charge is 2.04. The number of hydrogen-bond acceptors (Lipinski definition) is 1. The van der Waals surface area contributed by atoms with Crippen LogP contribution in [0.25, 0.3) is 16.6 Å². The summed E-state index contributed by atoms with van der Waals surface area (Å²) in [5.74, 6) is 0. The predicted octanol–water partition coefficient (Wildman–Crippen LogP) is 4.16. The summed E-state index contributed by atoms with van der Waals surface area (Å²) in [5.41, 5.74) is 2.71. The van der Waals surface area contributed by atoms with Gasteiger partial charge < -0.3 is 4.57 Å². The van der Waals surface area contributed by atoms with Gasteiger partial charge in [-0.2, -0.15) is 5.26 Å². The van der Waals surface area contributed by atoms with Crippen LogP contribution >= 0.6 is 11.6 Å². The number of nitrogens with zero attached hydrogens (tertiary/aromatic N) is 2. The van der Waals surface area contributed by atoms with E-state index in [1.807, 2.05) is 53.2 Å². The Morgan fingerprint density at radius 2 is 1.94 bits per heavy atom. The van der Waals surface area contributed by atoms with Crippen molar-refractivity contribution in [2.75, 3.05) is 0 Å². The molecule has 3 aromatic rings. The van der Waals surface area contributed by atoms with Gasteiger partial charge in [-0.05, 0) is 42.5 Å². The van der Waals surface area contributed by atoms with E-state index in [0.717, 1.165) is 21.6 Å². The third-order valence-electron chi connectivity index (χ3n) is 2.91. The molecule has 1 heterocycles. The Morgan fingerprint density at radius 1 is 1.06 bits per heavy atom. The fraction of sp³-hybridized carbons (Fsp3) is 0. The molecule has 0 fully saturated rings. The average molecular weight is 253 g/mol. The maximum atomic E-state index is 8.93. The summed E-state index contributed by atoms with van der Waals surface area (Å²) in [6.07, 6.45) is 1.98. The number of rotatable bonds is 1. The van der Waals surface area contributed by atoms with E-state index in [2.05, 4.69) is 6.07 Å². The second kappa shape index (κ2) is 4.21. The van der Waals surface area contributed by atoms with Gasteiger partial charge in [0.15, 0.2) is 0 Å². The average Bonchev–Trinajstić information content (AvgIpc) is 2.81. The van der Waals surface area contributed by atoms with Gasteiger partial charge in [0.25, 0.3) is 0 Å². The Kier molecular flexibility index (Phi) is 2.55. The van der Waals surface area contributed by atoms with Gasteiger partial charge in [-0.25, -0.2) is 0 Å². The maximum Gasteiger partial charge on any atom is 0.0992 e. The van der Waals surface area contributed by atoms with Gasteiger partial charge in [-0.3, -0.25) is 0 Å². The Bertz CT molecular complexity index is 766. The monoisotopic (exact) mass is 252 g/mol. The topological polar surface area (TPSA) is 28.7 Å². The lowest BCUT2D eigenvalue weighted by molar-refractivity contribution is 1.13. The van der Waals surface area contributed by atoms with Crippen molar-refractivity contribution < 1.29 is 0 Å². The summed E-state index contributed by atoms with van der Waals surface area (Å²) in [7, 11) is 0. The third kappa shape index (κ3) is 1.75. The van der Waals surface area contributed by atoms with Crippen LogP contribution in [0.5, 0.6) is 0 Å². The molecule has 86 valence electrons. The number of nitriles is 1. The highest BCUT2D eigenvalue weighted by molar-refractivity contribution is 6.31. The summed E-state index contributed by atoms with van der Waals surface area (Å²) in [4.78, 5) is 0. The van der Waals surface area contributed by atoms with Crippen molar-refractivity contribution >= 4 is 22.5 Å². The first kappa shape index (κ1) is 10.9. The van der Waals surface area contributed by atoms with E-state index in [1.165, 1.54) is 0 Å². The van der Waals surface area contributed by atoms with Crippen LogP contribution in [0.1, 0.15) is 5.56 Å². The normalized spacial score (nSPS) is 10.4. The maximum absolute atomic E-state index is 8.93. The first-order chi connectivity index (χ1) is 8.78. The van der Waals surface area contributed by atoms with Crippen LogP contribution < -0.4 is 0 Å². The van der Waals surface area contributed by atoms with Crippen LogP contribution in [0.3, 0.4) is 0 Å². The molecular weight excluding hydrogens is 244 g/mol. The summed E-state index contributed by atoms with van der Waals surface area (Å²) in [6.45, 7) is 0. The summed E-state index contributed by atoms with van der Waals surface area (Å²) in [6, 6.07) is 17.5. The minimum atomic E-state index is 0.656. The van der Waals surface area contributed by atoms with Crippen LogP contribution in [0, 0.1) is 11.3 Å². The molecule has 0 N–H and O–H groups in total. The van der Waals surface area contributed by atoms with Gasteiger partial charge in [0, 0.05) is 22.3 Å². The second-order valence-corrected chi connectivity index (χ2v) is 4.49. The van der Waals surface area contributed by atoms with E-state index in [1.54, 1.807) is 6.07 Å². The summed E-state index contributed by atoms with van der Waals surface area (Å²) < 4.78 is 2.05. The summed E-state index contributed by atoms with van der Waals surface area (Å²) >= 11 is 5.97. The predicted molar refractivity (Wildman–Crippen MR) is 73.0 cm³/mol. The zero-order chi connectivity index (χ0) is 12.5. The first-order valence-corrected chi connectivity index (χ1v) is 5.93. The molecule has 0 spiro atoms. The van der Waals surface area contributed by atoms with Crippen LogP contribution in [0.2, 0.25) is 5.02 Å². The van der Waals surface area contributed by atoms with Crippen molar-refractivity contribution in [3.63, 3.8) is 0 Å². The number of benzene rings is 2. The molecule has 2 aromatic carbocycles. The van der Waals surface area contributed by atoms with E-state index < -0.39 is 0 Å². The van der Waals surface area contributed by atoms with Crippen molar-refractivity contribution in [3.8, 4) is 11.8 Å². The molecule has 3 rings (SSSR count). The van der Waals surface area contributed by atoms with Crippen molar-refractivity contribution in [1.29, 1.82) is 5.26 Å². The molecule has 1 aromatic heterocycles. The molecule has 0 amide bonds. The number of hydrogen-bond donors (Lipinski definition) is 0. The molecule has 0 atom stereocenters. The van der Waals surface area contributed by atoms with Crippen LogP contribution in [0.4, 0.5) is 0 Å². The first-order valence-electron chi connectivity index (χ1n) is 5.55. The largest absolute Gasteiger partial charge is 0.317 e. The van der Waals surface area contributed by atoms with Crippen molar-refractivity contribution in [1.82, 2.24) is 4.57 Å². The van der Waals surface area contributed by atoms with E-state index in [9.17, 15) is 0 Å². The van der Waals surface area contributed by atoms with Crippen LogP contribution in [0.15, 0.2) is 54.7 Å². The lowest BCUT2D eigenvalue weighted by Gasteiger charge is -2.05. The summed E-state index contributed by atoms with van der Waals surface area (Å²) in [5, 5.41) is 10.7. The molecule has 0 aliphatic carbocycles. The van der Waals surface area contributed by atoms with E-state index in [0.29, 0.717) is 5.56 Å². The Morgan fingerprint density at radius 3 is 2.78 bits per heavy atom. The highest BCUT2D eigenvalue weighted by Crippen LogP contribution is 2.23. The Hall–Kier alpha value is -2.24. The minimum Gasteiger partial charge on any atom is -0.317 e. The van der Waals surface area contributed by atoms with E-state index >= 15 is 0 Å². The molecule has 0 saturated carbocycles. The minimum absolute atomic E-state index is 0.656. The standard InChI is InChI=1S/C15H9ClN2/c16-13-4-5-15-12(9-13)6-7-18(15)14-3-1-2-11(8-14)10-17/h1-9H. The van der Waals surface area contributed by atoms with Gasteiger partial charge in [0.2, 0.25) is 0 Å². The van der Waals surface area contributed by atoms with Crippen LogP contribution in [-0.4, -0.2) is 4.57 Å². The molecule has 0 saturated heterocycles. The molecule has 0 aliphatic rings. The van der Waals surface area contributed by atoms with E-state index in [-0.39, 0.29) is 0 Å². The molecule has 18 heavy (non-hydrogen) atoms. The molecular formula is C15H9ClN2. The Balaban J connectivity index is 2.23. The van der Waals surface area contributed by atoms with Crippen molar-refractivity contribution in [2.24, 2.45) is 0 Å². The van der Waals surface area contributed by atoms with Gasteiger partial charge in [-0.1, -0.05) is 17.7 Å². The number of fused-ring (bicyclic) bond motifs is 1. The fourth-order valence-electron chi connectivity index (χ4n) is 2.06. The lowest BCUT2D eigenvalue weighted by atomic mass is 10.2. The SMILES string of the molecule is N#Cc1cccc(-n2ccc3cc(Cl)ccc32)c1. The highest BCUT2D eigenvalue weighted by atomic mass is 35.5. The molecule has 0 radical (unpaired) electrons. The zero-order valence-corrected chi connectivity index (χ0v) is 10.2. The van der Waals surface area contributed by atoms with E-state index in [4.69, 9.17) is 16.9 Å². The van der Waals surface area contributed by atoms with Gasteiger partial charge in [0.1, 0.15) is 0 Å². The van der Waals surface area contributed by atoms with Crippen molar-refractivity contribution in [2.45, 2.75) is 0 Å². The second-order valence-electron chi connectivity index (χ2n) is 4.05. The molecule has 3 heteroatoms. The van der Waals surface area contributed by atoms with Gasteiger partial charge in [-0.15, -0.1) is 0 Å². The lowest BCUT2D eigenvalue weighted by Crippen LogP contribution is -1.92. The van der Waals surface area contributed by atoms with Crippen LogP contribution in [-0.2, 0) is 0 Å². The number of halogens is 1. The molecule has 0 bridgehead atoms. The molecule has 2 nitrogen and oxygen atoms in total. The van der Waals surface area contributed by atoms with Gasteiger partial charge >= 0.3 is 0 Å². The van der Waals surface area contributed by atoms with Gasteiger partial charge in [0.05, 0.1) is 17.1 Å². The number of aromatic nitrogens is 1. The van der Waals surface area contributed by atoms with Crippen molar-refractivity contribution in [3.05, 3.63) is 65.3 Å². The Labute approximate surface area is 110 Å². The third-order valence-corrected chi connectivity index (χ3v) is 3.14. The quantitative estimate of drug-likeness (QED) is 0.639.